The van der Waals surface area contributed by atoms with Crippen LogP contribution in [0.3, 0.4) is 0 Å². The van der Waals surface area contributed by atoms with Crippen LogP contribution in [0.25, 0.3) is 0 Å². The van der Waals surface area contributed by atoms with E-state index >= 15 is 0 Å². The van der Waals surface area contributed by atoms with Gasteiger partial charge in [0.15, 0.2) is 0 Å². The summed E-state index contributed by atoms with van der Waals surface area (Å²) in [5.41, 5.74) is 6.38. The molecular formula is C16H22FN3O. The maximum Gasteiger partial charge on any atom is 0.227 e. The predicted octanol–water partition coefficient (Wildman–Crippen LogP) is 2.28. The van der Waals surface area contributed by atoms with Crippen LogP contribution in [0.1, 0.15) is 31.4 Å². The van der Waals surface area contributed by atoms with Crippen molar-refractivity contribution in [3.05, 3.63) is 35.1 Å². The van der Waals surface area contributed by atoms with Crippen molar-refractivity contribution in [2.75, 3.05) is 13.6 Å². The molecule has 1 amide bonds. The van der Waals surface area contributed by atoms with Gasteiger partial charge in [-0.3, -0.25) is 4.79 Å². The minimum atomic E-state index is -0.415. The van der Waals surface area contributed by atoms with Crippen molar-refractivity contribution in [2.45, 2.75) is 26.8 Å². The van der Waals surface area contributed by atoms with Gasteiger partial charge in [-0.2, -0.15) is 5.26 Å². The van der Waals surface area contributed by atoms with Gasteiger partial charge >= 0.3 is 0 Å². The van der Waals surface area contributed by atoms with Crippen LogP contribution in [0.2, 0.25) is 0 Å². The van der Waals surface area contributed by atoms with Crippen LogP contribution in [-0.4, -0.2) is 24.4 Å². The first-order valence-electron chi connectivity index (χ1n) is 7.02. The molecule has 0 heterocycles. The van der Waals surface area contributed by atoms with Crippen molar-refractivity contribution in [1.82, 2.24) is 4.90 Å². The second-order valence-electron chi connectivity index (χ2n) is 5.67. The molecule has 0 bridgehead atoms. The molecule has 5 heteroatoms. The van der Waals surface area contributed by atoms with Gasteiger partial charge < -0.3 is 10.6 Å². The molecule has 0 saturated carbocycles. The van der Waals surface area contributed by atoms with E-state index < -0.39 is 5.82 Å². The van der Waals surface area contributed by atoms with Gasteiger partial charge in [-0.25, -0.2) is 4.39 Å². The highest BCUT2D eigenvalue weighted by Crippen LogP contribution is 2.17. The van der Waals surface area contributed by atoms with Gasteiger partial charge in [-0.1, -0.05) is 13.8 Å². The Balaban J connectivity index is 2.82. The maximum atomic E-state index is 13.8. The first-order chi connectivity index (χ1) is 9.88. The lowest BCUT2D eigenvalue weighted by atomic mass is 9.96. The van der Waals surface area contributed by atoms with Crippen molar-refractivity contribution >= 4 is 5.91 Å². The molecular weight excluding hydrogens is 269 g/mol. The fourth-order valence-electron chi connectivity index (χ4n) is 2.28. The number of halogens is 1. The smallest absolute Gasteiger partial charge is 0.227 e. The molecule has 0 aliphatic heterocycles. The van der Waals surface area contributed by atoms with Crippen molar-refractivity contribution in [2.24, 2.45) is 17.6 Å². The monoisotopic (exact) mass is 291 g/mol. The Hall–Kier alpha value is -1.93. The van der Waals surface area contributed by atoms with E-state index in [-0.39, 0.29) is 24.9 Å². The number of nitriles is 1. The van der Waals surface area contributed by atoms with Gasteiger partial charge in [-0.15, -0.1) is 0 Å². The molecule has 114 valence electrons. The highest BCUT2D eigenvalue weighted by molar-refractivity contribution is 5.78. The van der Waals surface area contributed by atoms with Crippen LogP contribution in [0.4, 0.5) is 4.39 Å². The third-order valence-electron chi connectivity index (χ3n) is 3.35. The maximum absolute atomic E-state index is 13.8. The average Bonchev–Trinajstić information content (AvgIpc) is 2.45. The summed E-state index contributed by atoms with van der Waals surface area (Å²) >= 11 is 0. The summed E-state index contributed by atoms with van der Waals surface area (Å²) in [7, 11) is 1.63. The lowest BCUT2D eigenvalue weighted by molar-refractivity contribution is -0.135. The van der Waals surface area contributed by atoms with Crippen LogP contribution in [0, 0.1) is 29.0 Å². The summed E-state index contributed by atoms with van der Waals surface area (Å²) in [5.74, 6) is -0.387. The van der Waals surface area contributed by atoms with E-state index in [2.05, 4.69) is 0 Å². The number of hydrogen-bond donors (Lipinski definition) is 1. The van der Waals surface area contributed by atoms with Crippen molar-refractivity contribution in [3.8, 4) is 6.07 Å². The fraction of sp³-hybridized carbons (Fsp3) is 0.500. The molecule has 0 aliphatic rings. The topological polar surface area (TPSA) is 70.1 Å². The highest BCUT2D eigenvalue weighted by Gasteiger charge is 2.22. The molecule has 1 atom stereocenters. The Morgan fingerprint density at radius 2 is 2.14 bits per heavy atom. The first-order valence-corrected chi connectivity index (χ1v) is 7.02. The van der Waals surface area contributed by atoms with E-state index in [9.17, 15) is 9.18 Å². The Labute approximate surface area is 125 Å². The number of nitrogens with zero attached hydrogens (tertiary/aromatic N) is 2. The SMILES string of the molecule is CC(C)CC(CN)C(=O)N(C)Cc1cc(C#N)ccc1F. The minimum Gasteiger partial charge on any atom is -0.341 e. The van der Waals surface area contributed by atoms with Gasteiger partial charge in [0.2, 0.25) is 5.91 Å². The van der Waals surface area contributed by atoms with E-state index in [1.54, 1.807) is 7.05 Å². The molecule has 2 N–H and O–H groups in total. The lowest BCUT2D eigenvalue weighted by Crippen LogP contribution is -2.37. The quantitative estimate of drug-likeness (QED) is 0.874. The van der Waals surface area contributed by atoms with Gasteiger partial charge in [-0.05, 0) is 30.5 Å². The molecule has 21 heavy (non-hydrogen) atoms. The van der Waals surface area contributed by atoms with E-state index in [1.807, 2.05) is 19.9 Å². The van der Waals surface area contributed by atoms with E-state index in [4.69, 9.17) is 11.0 Å². The molecule has 1 aromatic rings. The molecule has 1 aromatic carbocycles. The van der Waals surface area contributed by atoms with Crippen LogP contribution in [0.15, 0.2) is 18.2 Å². The van der Waals surface area contributed by atoms with Gasteiger partial charge in [0.05, 0.1) is 17.6 Å². The average molecular weight is 291 g/mol. The van der Waals surface area contributed by atoms with E-state index in [0.29, 0.717) is 23.5 Å². The molecule has 0 radical (unpaired) electrons. The molecule has 1 rings (SSSR count). The summed E-state index contributed by atoms with van der Waals surface area (Å²) in [6.07, 6.45) is 0.709. The second-order valence-corrected chi connectivity index (χ2v) is 5.67. The van der Waals surface area contributed by atoms with Gasteiger partial charge in [0, 0.05) is 25.7 Å². The molecule has 0 aliphatic carbocycles. The number of hydrogen-bond acceptors (Lipinski definition) is 3. The van der Waals surface area contributed by atoms with E-state index in [0.717, 1.165) is 0 Å². The fourth-order valence-corrected chi connectivity index (χ4v) is 2.28. The van der Waals surface area contributed by atoms with Gasteiger partial charge in [0.1, 0.15) is 5.82 Å². The Bertz CT molecular complexity index is 537. The van der Waals surface area contributed by atoms with Crippen LogP contribution < -0.4 is 5.73 Å². The van der Waals surface area contributed by atoms with Crippen LogP contribution in [0.5, 0.6) is 0 Å². The highest BCUT2D eigenvalue weighted by atomic mass is 19.1. The largest absolute Gasteiger partial charge is 0.341 e. The zero-order valence-electron chi connectivity index (χ0n) is 12.8. The van der Waals surface area contributed by atoms with Gasteiger partial charge in [0.25, 0.3) is 0 Å². The van der Waals surface area contributed by atoms with Crippen molar-refractivity contribution < 1.29 is 9.18 Å². The minimum absolute atomic E-state index is 0.0899. The Morgan fingerprint density at radius 1 is 1.48 bits per heavy atom. The zero-order chi connectivity index (χ0) is 16.0. The number of rotatable bonds is 6. The lowest BCUT2D eigenvalue weighted by Gasteiger charge is -2.24. The summed E-state index contributed by atoms with van der Waals surface area (Å²) in [6.45, 7) is 4.48. The standard InChI is InChI=1S/C16H22FN3O/c1-11(2)6-13(9-19)16(21)20(3)10-14-7-12(8-18)4-5-15(14)17/h4-5,7,11,13H,6,9-10,19H2,1-3H3. The second kappa shape index (κ2) is 7.75. The van der Waals surface area contributed by atoms with Crippen molar-refractivity contribution in [1.29, 1.82) is 5.26 Å². The number of benzene rings is 1. The third kappa shape index (κ3) is 4.83. The summed E-state index contributed by atoms with van der Waals surface area (Å²) in [6, 6.07) is 6.11. The molecule has 0 fully saturated rings. The summed E-state index contributed by atoms with van der Waals surface area (Å²) in [5, 5.41) is 8.85. The van der Waals surface area contributed by atoms with Crippen LogP contribution >= 0.6 is 0 Å². The van der Waals surface area contributed by atoms with E-state index in [1.165, 1.54) is 23.1 Å². The van der Waals surface area contributed by atoms with Crippen LogP contribution in [-0.2, 0) is 11.3 Å². The number of carbonyl (C=O) groups excluding carboxylic acids is 1. The molecule has 4 nitrogen and oxygen atoms in total. The Kier molecular flexibility index (Phi) is 6.32. The number of nitrogens with two attached hydrogens (primary N) is 1. The molecule has 0 spiro atoms. The summed E-state index contributed by atoms with van der Waals surface area (Å²) in [4.78, 5) is 13.8. The number of carbonyl (C=O) groups is 1. The summed E-state index contributed by atoms with van der Waals surface area (Å²) < 4.78 is 13.8. The normalized spacial score (nSPS) is 12.0. The molecule has 0 saturated heterocycles. The zero-order valence-corrected chi connectivity index (χ0v) is 12.8. The Morgan fingerprint density at radius 3 is 2.67 bits per heavy atom. The first kappa shape index (κ1) is 17.1. The molecule has 0 aromatic heterocycles. The van der Waals surface area contributed by atoms with Crippen molar-refractivity contribution in [3.63, 3.8) is 0 Å². The molecule has 1 unspecified atom stereocenters. The predicted molar refractivity (Wildman–Crippen MR) is 79.6 cm³/mol. The third-order valence-corrected chi connectivity index (χ3v) is 3.35. The number of amides is 1.